The molecule has 30 heavy (non-hydrogen) atoms. The van der Waals surface area contributed by atoms with Crippen molar-refractivity contribution >= 4 is 17.5 Å². The number of rotatable bonds is 6. The fourth-order valence-electron chi connectivity index (χ4n) is 4.50. The van der Waals surface area contributed by atoms with E-state index in [-0.39, 0.29) is 12.1 Å². The summed E-state index contributed by atoms with van der Waals surface area (Å²) in [5, 5.41) is 5.54. The van der Waals surface area contributed by atoms with Gasteiger partial charge < -0.3 is 25.0 Å². The number of benzene rings is 1. The number of amides is 2. The normalized spacial score (nSPS) is 22.6. The summed E-state index contributed by atoms with van der Waals surface area (Å²) in [6.45, 7) is 5.51. The Hall–Kier alpha value is -2.16. The van der Waals surface area contributed by atoms with Crippen LogP contribution in [-0.4, -0.2) is 82.4 Å². The molecule has 4 rings (SSSR count). The maximum absolute atomic E-state index is 12.4. The topological polar surface area (TPSA) is 83.1 Å². The highest BCUT2D eigenvalue weighted by molar-refractivity contribution is 6.35. The van der Waals surface area contributed by atoms with Gasteiger partial charge >= 0.3 is 11.8 Å². The third-order valence-electron chi connectivity index (χ3n) is 6.28. The monoisotopic (exact) mass is 416 g/mol. The smallest absolute Gasteiger partial charge is 0.309 e. The molecule has 3 heterocycles. The van der Waals surface area contributed by atoms with Gasteiger partial charge in [-0.25, -0.2) is 0 Å². The Morgan fingerprint density at radius 2 is 1.93 bits per heavy atom. The average Bonchev–Trinajstić information content (AvgIpc) is 3.42. The van der Waals surface area contributed by atoms with Gasteiger partial charge in [-0.2, -0.15) is 0 Å². The standard InChI is InChI=1S/C22H32N4O4/c1-25-7-6-17-13-16(4-5-19(17)25)20(26-8-11-29-12-9-26)15-24-22(28)21(27)23-14-18-3-2-10-30-18/h4-5,13,18,20H,2-3,6-12,14-15H2,1H3,(H,23,27)(H,24,28)/t18-,20+/m0/s1. The van der Waals surface area contributed by atoms with E-state index in [0.29, 0.717) is 26.3 Å². The maximum Gasteiger partial charge on any atom is 0.309 e. The number of ether oxygens (including phenoxy) is 2. The van der Waals surface area contributed by atoms with Crippen molar-refractivity contribution in [2.45, 2.75) is 31.4 Å². The molecule has 2 N–H and O–H groups in total. The molecule has 0 bridgehead atoms. The average molecular weight is 417 g/mol. The summed E-state index contributed by atoms with van der Waals surface area (Å²) in [5.74, 6) is -1.19. The summed E-state index contributed by atoms with van der Waals surface area (Å²) >= 11 is 0. The highest BCUT2D eigenvalue weighted by Gasteiger charge is 2.27. The molecule has 3 aliphatic rings. The number of carbonyl (C=O) groups is 2. The molecule has 0 saturated carbocycles. The van der Waals surface area contributed by atoms with Crippen LogP contribution in [0, 0.1) is 0 Å². The minimum absolute atomic E-state index is 0.0139. The SMILES string of the molecule is CN1CCc2cc([C@@H](CNC(=O)C(=O)NC[C@@H]3CCCO3)N3CCOCC3)ccc21. The van der Waals surface area contributed by atoms with E-state index in [1.54, 1.807) is 0 Å². The van der Waals surface area contributed by atoms with Gasteiger partial charge in [-0.05, 0) is 36.5 Å². The van der Waals surface area contributed by atoms with Crippen molar-refractivity contribution in [2.24, 2.45) is 0 Å². The van der Waals surface area contributed by atoms with Crippen molar-refractivity contribution in [1.29, 1.82) is 0 Å². The first kappa shape index (κ1) is 21.1. The molecule has 0 spiro atoms. The predicted molar refractivity (Wildman–Crippen MR) is 114 cm³/mol. The van der Waals surface area contributed by atoms with Crippen LogP contribution in [0.4, 0.5) is 5.69 Å². The van der Waals surface area contributed by atoms with Crippen LogP contribution in [0.15, 0.2) is 18.2 Å². The van der Waals surface area contributed by atoms with Gasteiger partial charge in [0.15, 0.2) is 0 Å². The summed E-state index contributed by atoms with van der Waals surface area (Å²) in [4.78, 5) is 29.2. The van der Waals surface area contributed by atoms with Crippen LogP contribution in [-0.2, 0) is 25.5 Å². The molecule has 3 aliphatic heterocycles. The highest BCUT2D eigenvalue weighted by Crippen LogP contribution is 2.31. The van der Waals surface area contributed by atoms with Crippen molar-refractivity contribution in [1.82, 2.24) is 15.5 Å². The van der Waals surface area contributed by atoms with Crippen LogP contribution in [0.3, 0.4) is 0 Å². The van der Waals surface area contributed by atoms with E-state index in [1.807, 2.05) is 0 Å². The van der Waals surface area contributed by atoms with Crippen molar-refractivity contribution in [3.63, 3.8) is 0 Å². The minimum atomic E-state index is -0.596. The van der Waals surface area contributed by atoms with E-state index in [4.69, 9.17) is 9.47 Å². The Kier molecular flexibility index (Phi) is 6.86. The van der Waals surface area contributed by atoms with Crippen molar-refractivity contribution in [2.75, 3.05) is 64.5 Å². The van der Waals surface area contributed by atoms with E-state index in [0.717, 1.165) is 45.5 Å². The van der Waals surface area contributed by atoms with Gasteiger partial charge in [0.05, 0.1) is 25.4 Å². The van der Waals surface area contributed by atoms with E-state index < -0.39 is 11.8 Å². The zero-order chi connectivity index (χ0) is 20.9. The molecule has 0 aliphatic carbocycles. The van der Waals surface area contributed by atoms with E-state index >= 15 is 0 Å². The number of nitrogens with one attached hydrogen (secondary N) is 2. The molecule has 164 valence electrons. The molecule has 0 radical (unpaired) electrons. The van der Waals surface area contributed by atoms with Crippen LogP contribution in [0.25, 0.3) is 0 Å². The number of hydrogen-bond donors (Lipinski definition) is 2. The second-order valence-electron chi connectivity index (χ2n) is 8.28. The summed E-state index contributed by atoms with van der Waals surface area (Å²) in [5.41, 5.74) is 3.79. The summed E-state index contributed by atoms with van der Waals surface area (Å²) in [6, 6.07) is 6.58. The molecule has 1 aromatic rings. The quantitative estimate of drug-likeness (QED) is 0.656. The first-order valence-electron chi connectivity index (χ1n) is 10.9. The second-order valence-corrected chi connectivity index (χ2v) is 8.28. The fraction of sp³-hybridized carbons (Fsp3) is 0.636. The second kappa shape index (κ2) is 9.76. The van der Waals surface area contributed by atoms with E-state index in [9.17, 15) is 9.59 Å². The lowest BCUT2D eigenvalue weighted by atomic mass is 10.0. The molecule has 2 amide bonds. The van der Waals surface area contributed by atoms with Gasteiger partial charge in [-0.15, -0.1) is 0 Å². The lowest BCUT2D eigenvalue weighted by Crippen LogP contribution is -2.47. The molecule has 8 nitrogen and oxygen atoms in total. The Morgan fingerprint density at radius 3 is 2.70 bits per heavy atom. The predicted octanol–water partition coefficient (Wildman–Crippen LogP) is 0.464. The zero-order valence-corrected chi connectivity index (χ0v) is 17.7. The van der Waals surface area contributed by atoms with Crippen LogP contribution >= 0.6 is 0 Å². The lowest BCUT2D eigenvalue weighted by Gasteiger charge is -2.35. The number of hydrogen-bond acceptors (Lipinski definition) is 6. The van der Waals surface area contributed by atoms with Crippen molar-refractivity contribution < 1.29 is 19.1 Å². The molecular weight excluding hydrogens is 384 g/mol. The van der Waals surface area contributed by atoms with Crippen LogP contribution in [0.2, 0.25) is 0 Å². The van der Waals surface area contributed by atoms with Crippen LogP contribution < -0.4 is 15.5 Å². The summed E-state index contributed by atoms with van der Waals surface area (Å²) in [7, 11) is 2.11. The van der Waals surface area contributed by atoms with Gasteiger partial charge in [0.2, 0.25) is 0 Å². The number of morpholine rings is 1. The first-order valence-corrected chi connectivity index (χ1v) is 10.9. The third-order valence-corrected chi connectivity index (χ3v) is 6.28. The minimum Gasteiger partial charge on any atom is -0.379 e. The van der Waals surface area contributed by atoms with Crippen molar-refractivity contribution in [3.8, 4) is 0 Å². The summed E-state index contributed by atoms with van der Waals surface area (Å²) in [6.07, 6.45) is 2.99. The number of fused-ring (bicyclic) bond motifs is 1. The zero-order valence-electron chi connectivity index (χ0n) is 17.7. The Bertz CT molecular complexity index is 760. The number of likely N-dealkylation sites (N-methyl/N-ethyl adjacent to an activating group) is 1. The van der Waals surface area contributed by atoms with Crippen molar-refractivity contribution in [3.05, 3.63) is 29.3 Å². The molecule has 0 unspecified atom stereocenters. The third kappa shape index (κ3) is 4.94. The van der Waals surface area contributed by atoms with Gasteiger partial charge in [-0.1, -0.05) is 12.1 Å². The lowest BCUT2D eigenvalue weighted by molar-refractivity contribution is -0.139. The van der Waals surface area contributed by atoms with Gasteiger partial charge in [-0.3, -0.25) is 14.5 Å². The maximum atomic E-state index is 12.4. The molecule has 1 aromatic carbocycles. The Balaban J connectivity index is 1.39. The Morgan fingerprint density at radius 1 is 1.13 bits per heavy atom. The highest BCUT2D eigenvalue weighted by atomic mass is 16.5. The van der Waals surface area contributed by atoms with Crippen LogP contribution in [0.5, 0.6) is 0 Å². The van der Waals surface area contributed by atoms with Crippen LogP contribution in [0.1, 0.15) is 30.0 Å². The van der Waals surface area contributed by atoms with Gasteiger partial charge in [0.1, 0.15) is 0 Å². The fourth-order valence-corrected chi connectivity index (χ4v) is 4.50. The summed E-state index contributed by atoms with van der Waals surface area (Å²) < 4.78 is 11.0. The molecule has 2 fully saturated rings. The number of nitrogens with zero attached hydrogens (tertiary/aromatic N) is 2. The van der Waals surface area contributed by atoms with E-state index in [2.05, 4.69) is 45.7 Å². The van der Waals surface area contributed by atoms with Gasteiger partial charge in [0, 0.05) is 52.1 Å². The van der Waals surface area contributed by atoms with Gasteiger partial charge in [0.25, 0.3) is 0 Å². The van der Waals surface area contributed by atoms with E-state index in [1.165, 1.54) is 16.8 Å². The molecular formula is C22H32N4O4. The largest absolute Gasteiger partial charge is 0.379 e. The molecule has 2 atom stereocenters. The number of carbonyl (C=O) groups excluding carboxylic acids is 2. The molecule has 2 saturated heterocycles. The first-order chi connectivity index (χ1) is 14.6. The number of anilines is 1. The molecule has 8 heteroatoms. The Labute approximate surface area is 177 Å². The molecule has 0 aromatic heterocycles.